The van der Waals surface area contributed by atoms with Gasteiger partial charge in [-0.25, -0.2) is 0 Å². The molecule has 18 heavy (non-hydrogen) atoms. The number of rotatable bonds is 5. The molecular formula is C13H23N3O2. The van der Waals surface area contributed by atoms with E-state index < -0.39 is 0 Å². The Morgan fingerprint density at radius 3 is 2.72 bits per heavy atom. The Bertz CT molecular complexity index is 380. The van der Waals surface area contributed by atoms with Gasteiger partial charge in [-0.2, -0.15) is 4.98 Å². The number of hydrogen-bond acceptors (Lipinski definition) is 5. The topological polar surface area (TPSA) is 74.2 Å². The van der Waals surface area contributed by atoms with Gasteiger partial charge in [-0.1, -0.05) is 25.9 Å². The fraction of sp³-hybridized carbons (Fsp3) is 0.846. The van der Waals surface area contributed by atoms with Gasteiger partial charge in [0, 0.05) is 6.42 Å². The largest absolute Gasteiger partial charge is 0.376 e. The maximum atomic E-state index is 5.99. The van der Waals surface area contributed by atoms with E-state index in [-0.39, 0.29) is 11.5 Å². The van der Waals surface area contributed by atoms with Crippen molar-refractivity contribution < 1.29 is 9.26 Å². The van der Waals surface area contributed by atoms with Crippen molar-refractivity contribution in [1.29, 1.82) is 0 Å². The second kappa shape index (κ2) is 5.36. The van der Waals surface area contributed by atoms with Crippen LogP contribution in [0.1, 0.15) is 57.8 Å². The smallest absolute Gasteiger partial charge is 0.227 e. The minimum Gasteiger partial charge on any atom is -0.376 e. The second-order valence-corrected chi connectivity index (χ2v) is 6.28. The number of aromatic nitrogens is 2. The predicted molar refractivity (Wildman–Crippen MR) is 68.0 cm³/mol. The van der Waals surface area contributed by atoms with Crippen LogP contribution < -0.4 is 5.73 Å². The van der Waals surface area contributed by atoms with Gasteiger partial charge in [0.05, 0.1) is 18.8 Å². The number of ether oxygens (including phenoxy) is 1. The van der Waals surface area contributed by atoms with Crippen LogP contribution in [-0.2, 0) is 11.2 Å². The van der Waals surface area contributed by atoms with Crippen molar-refractivity contribution in [2.75, 3.05) is 6.61 Å². The van der Waals surface area contributed by atoms with Gasteiger partial charge in [0.2, 0.25) is 5.89 Å². The summed E-state index contributed by atoms with van der Waals surface area (Å²) in [5.41, 5.74) is 6.12. The van der Waals surface area contributed by atoms with Crippen molar-refractivity contribution in [3.05, 3.63) is 11.7 Å². The lowest BCUT2D eigenvalue weighted by atomic mass is 9.92. The van der Waals surface area contributed by atoms with Crippen LogP contribution in [0.15, 0.2) is 4.52 Å². The molecule has 1 heterocycles. The third-order valence-electron chi connectivity index (χ3n) is 3.06. The minimum atomic E-state index is -0.289. The van der Waals surface area contributed by atoms with Crippen LogP contribution in [0.2, 0.25) is 0 Å². The van der Waals surface area contributed by atoms with Crippen molar-refractivity contribution in [3.63, 3.8) is 0 Å². The van der Waals surface area contributed by atoms with Crippen molar-refractivity contribution >= 4 is 0 Å². The van der Waals surface area contributed by atoms with Gasteiger partial charge in [0.15, 0.2) is 5.82 Å². The van der Waals surface area contributed by atoms with E-state index in [2.05, 4.69) is 30.9 Å². The molecule has 1 fully saturated rings. The second-order valence-electron chi connectivity index (χ2n) is 6.28. The Labute approximate surface area is 108 Å². The van der Waals surface area contributed by atoms with Crippen LogP contribution >= 0.6 is 0 Å². The molecule has 0 aromatic carbocycles. The first-order chi connectivity index (χ1) is 8.44. The Kier molecular flexibility index (Phi) is 4.02. The van der Waals surface area contributed by atoms with Crippen LogP contribution in [0.25, 0.3) is 0 Å². The Morgan fingerprint density at radius 2 is 2.17 bits per heavy atom. The number of nitrogens with two attached hydrogens (primary N) is 1. The van der Waals surface area contributed by atoms with Gasteiger partial charge < -0.3 is 15.0 Å². The van der Waals surface area contributed by atoms with Crippen LogP contribution in [0.3, 0.4) is 0 Å². The maximum absolute atomic E-state index is 5.99. The van der Waals surface area contributed by atoms with Crippen LogP contribution in [-0.4, -0.2) is 22.9 Å². The zero-order valence-corrected chi connectivity index (χ0v) is 11.5. The molecule has 5 nitrogen and oxygen atoms in total. The summed E-state index contributed by atoms with van der Waals surface area (Å²) in [6.45, 7) is 6.88. The Balaban J connectivity index is 1.84. The van der Waals surface area contributed by atoms with E-state index in [9.17, 15) is 0 Å². The monoisotopic (exact) mass is 253 g/mol. The highest BCUT2D eigenvalue weighted by Gasteiger charge is 2.22. The third kappa shape index (κ3) is 3.78. The summed E-state index contributed by atoms with van der Waals surface area (Å²) in [7, 11) is 0. The summed E-state index contributed by atoms with van der Waals surface area (Å²) in [6, 6.07) is -0.289. The molecule has 102 valence electrons. The number of nitrogens with zero attached hydrogens (tertiary/aromatic N) is 2. The zero-order valence-electron chi connectivity index (χ0n) is 11.5. The lowest BCUT2D eigenvalue weighted by Gasteiger charge is -2.26. The van der Waals surface area contributed by atoms with Crippen molar-refractivity contribution in [2.45, 2.75) is 58.6 Å². The molecular weight excluding hydrogens is 230 g/mol. The first-order valence-corrected chi connectivity index (χ1v) is 6.64. The highest BCUT2D eigenvalue weighted by Crippen LogP contribution is 2.23. The van der Waals surface area contributed by atoms with E-state index >= 15 is 0 Å². The molecule has 2 rings (SSSR count). The van der Waals surface area contributed by atoms with Crippen molar-refractivity contribution in [3.8, 4) is 0 Å². The minimum absolute atomic E-state index is 0.135. The molecule has 1 atom stereocenters. The summed E-state index contributed by atoms with van der Waals surface area (Å²) >= 11 is 0. The van der Waals surface area contributed by atoms with E-state index in [1.165, 1.54) is 6.42 Å². The van der Waals surface area contributed by atoms with Gasteiger partial charge in [0.25, 0.3) is 0 Å². The normalized spacial score (nSPS) is 18.7. The van der Waals surface area contributed by atoms with E-state index in [0.717, 1.165) is 19.3 Å². The van der Waals surface area contributed by atoms with E-state index in [1.807, 2.05) is 0 Å². The molecule has 1 aromatic rings. The number of hydrogen-bond donors (Lipinski definition) is 1. The summed E-state index contributed by atoms with van der Waals surface area (Å²) < 4.78 is 10.9. The van der Waals surface area contributed by atoms with Gasteiger partial charge in [-0.3, -0.25) is 0 Å². The highest BCUT2D eigenvalue weighted by molar-refractivity contribution is 4.94. The molecule has 0 aliphatic heterocycles. The molecule has 0 amide bonds. The SMILES string of the molecule is CC(C)(C)Cc1nc(C(N)COC2CCC2)no1. The summed E-state index contributed by atoms with van der Waals surface area (Å²) in [4.78, 5) is 4.33. The molecule has 0 bridgehead atoms. The molecule has 1 unspecified atom stereocenters. The first kappa shape index (κ1) is 13.5. The Hall–Kier alpha value is -0.940. The molecule has 0 spiro atoms. The lowest BCUT2D eigenvalue weighted by molar-refractivity contribution is -0.00549. The van der Waals surface area contributed by atoms with Gasteiger partial charge in [-0.15, -0.1) is 0 Å². The zero-order chi connectivity index (χ0) is 13.2. The first-order valence-electron chi connectivity index (χ1n) is 6.64. The molecule has 0 saturated heterocycles. The standard InChI is InChI=1S/C13H23N3O2/c1-13(2,3)7-11-15-12(16-18-11)10(14)8-17-9-5-4-6-9/h9-10H,4-8,14H2,1-3H3. The predicted octanol–water partition coefficient (Wildman–Crippen LogP) is 2.23. The van der Waals surface area contributed by atoms with Crippen LogP contribution in [0.4, 0.5) is 0 Å². The van der Waals surface area contributed by atoms with Crippen LogP contribution in [0, 0.1) is 5.41 Å². The molecule has 0 radical (unpaired) electrons. The third-order valence-corrected chi connectivity index (χ3v) is 3.06. The van der Waals surface area contributed by atoms with E-state index in [0.29, 0.717) is 24.4 Å². The molecule has 1 aliphatic carbocycles. The fourth-order valence-electron chi connectivity index (χ4n) is 1.80. The average molecular weight is 253 g/mol. The van der Waals surface area contributed by atoms with Gasteiger partial charge in [0.1, 0.15) is 0 Å². The molecule has 1 aromatic heterocycles. The molecule has 1 saturated carbocycles. The van der Waals surface area contributed by atoms with Crippen LogP contribution in [0.5, 0.6) is 0 Å². The van der Waals surface area contributed by atoms with Gasteiger partial charge >= 0.3 is 0 Å². The van der Waals surface area contributed by atoms with Crippen molar-refractivity contribution in [1.82, 2.24) is 10.1 Å². The molecule has 2 N–H and O–H groups in total. The van der Waals surface area contributed by atoms with Crippen molar-refractivity contribution in [2.24, 2.45) is 11.1 Å². The highest BCUT2D eigenvalue weighted by atomic mass is 16.5. The maximum Gasteiger partial charge on any atom is 0.227 e. The molecule has 5 heteroatoms. The lowest BCUT2D eigenvalue weighted by Crippen LogP contribution is -2.27. The quantitative estimate of drug-likeness (QED) is 0.871. The Morgan fingerprint density at radius 1 is 1.44 bits per heavy atom. The van der Waals surface area contributed by atoms with Gasteiger partial charge in [-0.05, 0) is 24.7 Å². The summed E-state index contributed by atoms with van der Waals surface area (Å²) in [6.07, 6.45) is 4.70. The summed E-state index contributed by atoms with van der Waals surface area (Å²) in [5.74, 6) is 1.20. The molecule has 1 aliphatic rings. The fourth-order valence-corrected chi connectivity index (χ4v) is 1.80. The summed E-state index contributed by atoms with van der Waals surface area (Å²) in [5, 5.41) is 3.93. The van der Waals surface area contributed by atoms with E-state index in [1.54, 1.807) is 0 Å². The van der Waals surface area contributed by atoms with E-state index in [4.69, 9.17) is 15.0 Å². The average Bonchev–Trinajstić information content (AvgIpc) is 2.60.